The highest BCUT2D eigenvalue weighted by atomic mass is 16.5. The normalized spacial score (nSPS) is 32.7. The van der Waals surface area contributed by atoms with Crippen LogP contribution < -0.4 is 5.73 Å². The summed E-state index contributed by atoms with van der Waals surface area (Å²) in [6, 6.07) is 8.31. The van der Waals surface area contributed by atoms with Crippen LogP contribution in [0, 0.1) is 5.41 Å². The van der Waals surface area contributed by atoms with Crippen LogP contribution in [0.15, 0.2) is 24.3 Å². The predicted molar refractivity (Wildman–Crippen MR) is 61.5 cm³/mol. The van der Waals surface area contributed by atoms with E-state index in [0.29, 0.717) is 0 Å². The maximum Gasteiger partial charge on any atom is 0.0896 e. The van der Waals surface area contributed by atoms with Gasteiger partial charge in [-0.15, -0.1) is 0 Å². The van der Waals surface area contributed by atoms with Crippen molar-refractivity contribution in [3.8, 4) is 0 Å². The summed E-state index contributed by atoms with van der Waals surface area (Å²) in [6.07, 6.45) is 0.0868. The van der Waals surface area contributed by atoms with Crippen molar-refractivity contribution in [1.82, 2.24) is 0 Å². The molecule has 0 spiro atoms. The van der Waals surface area contributed by atoms with Crippen LogP contribution in [-0.4, -0.2) is 7.11 Å². The van der Waals surface area contributed by atoms with E-state index in [0.717, 1.165) is 0 Å². The molecule has 1 aromatic rings. The Bertz CT molecular complexity index is 382. The Hall–Kier alpha value is -0.860. The highest BCUT2D eigenvalue weighted by molar-refractivity contribution is 5.43. The minimum absolute atomic E-state index is 0.0779. The number of nitrogens with two attached hydrogens (primary N) is 1. The first-order valence-corrected chi connectivity index (χ1v) is 5.34. The van der Waals surface area contributed by atoms with E-state index < -0.39 is 0 Å². The largest absolute Gasteiger partial charge is 0.376 e. The molecule has 2 N–H and O–H groups in total. The standard InChI is InChI=1S/C13H19NO/c1-12(2)11(15-4)9-7-5-6-8-10(9)13(12,3)14/h5-8,11H,14H2,1-4H3/t11-,13+/m1/s1. The Kier molecular flexibility index (Phi) is 2.18. The van der Waals surface area contributed by atoms with Crippen LogP contribution in [-0.2, 0) is 10.3 Å². The van der Waals surface area contributed by atoms with Crippen molar-refractivity contribution in [3.05, 3.63) is 35.4 Å². The van der Waals surface area contributed by atoms with Gasteiger partial charge < -0.3 is 10.5 Å². The first-order valence-electron chi connectivity index (χ1n) is 5.34. The molecule has 0 saturated heterocycles. The third-order valence-corrected chi connectivity index (χ3v) is 4.03. The zero-order chi connectivity index (χ0) is 11.3. The molecule has 0 radical (unpaired) electrons. The van der Waals surface area contributed by atoms with Crippen molar-refractivity contribution in [2.24, 2.45) is 11.1 Å². The molecule has 2 rings (SSSR count). The third kappa shape index (κ3) is 1.18. The van der Waals surface area contributed by atoms with Gasteiger partial charge in [0.2, 0.25) is 0 Å². The summed E-state index contributed by atoms with van der Waals surface area (Å²) in [5.41, 5.74) is 8.49. The second kappa shape index (κ2) is 3.06. The van der Waals surface area contributed by atoms with Crippen molar-refractivity contribution >= 4 is 0 Å². The van der Waals surface area contributed by atoms with Crippen LogP contribution in [0.4, 0.5) is 0 Å². The monoisotopic (exact) mass is 205 g/mol. The molecule has 2 heteroatoms. The van der Waals surface area contributed by atoms with E-state index in [4.69, 9.17) is 10.5 Å². The number of hydrogen-bond donors (Lipinski definition) is 1. The quantitative estimate of drug-likeness (QED) is 0.764. The lowest BCUT2D eigenvalue weighted by atomic mass is 9.73. The summed E-state index contributed by atoms with van der Waals surface area (Å²) in [5.74, 6) is 0. The average molecular weight is 205 g/mol. The number of fused-ring (bicyclic) bond motifs is 1. The van der Waals surface area contributed by atoms with Gasteiger partial charge in [-0.05, 0) is 18.1 Å². The molecule has 82 valence electrons. The molecule has 0 fully saturated rings. The predicted octanol–water partition coefficient (Wildman–Crippen LogP) is 2.59. The Morgan fingerprint density at radius 1 is 1.20 bits per heavy atom. The molecule has 1 aromatic carbocycles. The average Bonchev–Trinajstić information content (AvgIpc) is 2.32. The van der Waals surface area contributed by atoms with Gasteiger partial charge in [-0.25, -0.2) is 0 Å². The van der Waals surface area contributed by atoms with Crippen molar-refractivity contribution in [1.29, 1.82) is 0 Å². The van der Waals surface area contributed by atoms with Crippen molar-refractivity contribution in [2.45, 2.75) is 32.4 Å². The van der Waals surface area contributed by atoms with Crippen molar-refractivity contribution < 1.29 is 4.74 Å². The van der Waals surface area contributed by atoms with Gasteiger partial charge in [-0.1, -0.05) is 38.1 Å². The molecule has 1 aliphatic rings. The fourth-order valence-electron chi connectivity index (χ4n) is 2.63. The molecule has 0 saturated carbocycles. The number of hydrogen-bond acceptors (Lipinski definition) is 2. The van der Waals surface area contributed by atoms with Gasteiger partial charge in [0.1, 0.15) is 0 Å². The van der Waals surface area contributed by atoms with Crippen LogP contribution in [0.5, 0.6) is 0 Å². The third-order valence-electron chi connectivity index (χ3n) is 4.03. The van der Waals surface area contributed by atoms with E-state index >= 15 is 0 Å². The Morgan fingerprint density at radius 3 is 2.40 bits per heavy atom. The fourth-order valence-corrected chi connectivity index (χ4v) is 2.63. The molecule has 0 amide bonds. The summed E-state index contributed by atoms with van der Waals surface area (Å²) in [5, 5.41) is 0. The number of methoxy groups -OCH3 is 1. The van der Waals surface area contributed by atoms with Gasteiger partial charge in [-0.3, -0.25) is 0 Å². The highest BCUT2D eigenvalue weighted by Crippen LogP contribution is 2.55. The Balaban J connectivity index is 2.65. The first-order chi connectivity index (χ1) is 6.93. The van der Waals surface area contributed by atoms with Crippen molar-refractivity contribution in [3.63, 3.8) is 0 Å². The zero-order valence-corrected chi connectivity index (χ0v) is 9.87. The van der Waals surface area contributed by atoms with E-state index in [1.54, 1.807) is 7.11 Å². The number of rotatable bonds is 1. The highest BCUT2D eigenvalue weighted by Gasteiger charge is 2.53. The molecule has 15 heavy (non-hydrogen) atoms. The Morgan fingerprint density at radius 2 is 1.80 bits per heavy atom. The van der Waals surface area contributed by atoms with Gasteiger partial charge in [0.25, 0.3) is 0 Å². The summed E-state index contributed by atoms with van der Waals surface area (Å²) in [7, 11) is 1.75. The summed E-state index contributed by atoms with van der Waals surface area (Å²) in [4.78, 5) is 0. The molecule has 0 aromatic heterocycles. The van der Waals surface area contributed by atoms with Crippen molar-refractivity contribution in [2.75, 3.05) is 7.11 Å². The van der Waals surface area contributed by atoms with Crippen LogP contribution in [0.2, 0.25) is 0 Å². The second-order valence-corrected chi connectivity index (χ2v) is 5.13. The van der Waals surface area contributed by atoms with Crippen LogP contribution in [0.25, 0.3) is 0 Å². The number of ether oxygens (including phenoxy) is 1. The molecule has 0 heterocycles. The Labute approximate surface area is 91.4 Å². The lowest BCUT2D eigenvalue weighted by molar-refractivity contribution is -0.0171. The maximum atomic E-state index is 6.45. The molecular formula is C13H19NO. The van der Waals surface area contributed by atoms with Gasteiger partial charge in [0, 0.05) is 18.1 Å². The molecule has 2 nitrogen and oxygen atoms in total. The van der Waals surface area contributed by atoms with Crippen LogP contribution in [0.3, 0.4) is 0 Å². The van der Waals surface area contributed by atoms with Gasteiger partial charge in [0.05, 0.1) is 6.10 Å². The van der Waals surface area contributed by atoms with Gasteiger partial charge >= 0.3 is 0 Å². The van der Waals surface area contributed by atoms with E-state index in [-0.39, 0.29) is 17.1 Å². The topological polar surface area (TPSA) is 35.2 Å². The SMILES string of the molecule is CO[C@@H]1c2ccccc2[C@](C)(N)C1(C)C. The zero-order valence-electron chi connectivity index (χ0n) is 9.87. The molecule has 0 bridgehead atoms. The molecule has 0 aliphatic heterocycles. The minimum atomic E-state index is -0.329. The van der Waals surface area contributed by atoms with Gasteiger partial charge in [0.15, 0.2) is 0 Å². The fraction of sp³-hybridized carbons (Fsp3) is 0.538. The maximum absolute atomic E-state index is 6.45. The lowest BCUT2D eigenvalue weighted by Crippen LogP contribution is -2.45. The van der Waals surface area contributed by atoms with Crippen LogP contribution in [0.1, 0.15) is 38.0 Å². The molecule has 2 atom stereocenters. The summed E-state index contributed by atoms with van der Waals surface area (Å²) in [6.45, 7) is 6.42. The smallest absolute Gasteiger partial charge is 0.0896 e. The lowest BCUT2D eigenvalue weighted by Gasteiger charge is -2.38. The first kappa shape index (κ1) is 10.7. The number of benzene rings is 1. The van der Waals surface area contributed by atoms with Gasteiger partial charge in [-0.2, -0.15) is 0 Å². The molecule has 1 aliphatic carbocycles. The minimum Gasteiger partial charge on any atom is -0.376 e. The molecule has 0 unspecified atom stereocenters. The molecular weight excluding hydrogens is 186 g/mol. The van der Waals surface area contributed by atoms with Crippen LogP contribution >= 0.6 is 0 Å². The summed E-state index contributed by atoms with van der Waals surface area (Å²) < 4.78 is 5.61. The van der Waals surface area contributed by atoms with E-state index in [1.807, 2.05) is 12.1 Å². The van der Waals surface area contributed by atoms with E-state index in [1.165, 1.54) is 11.1 Å². The summed E-state index contributed by atoms with van der Waals surface area (Å²) >= 11 is 0. The van der Waals surface area contributed by atoms with E-state index in [2.05, 4.69) is 32.9 Å². The second-order valence-electron chi connectivity index (χ2n) is 5.13. The van der Waals surface area contributed by atoms with E-state index in [9.17, 15) is 0 Å².